The van der Waals surface area contributed by atoms with Crippen LogP contribution in [0.4, 0.5) is 0 Å². The second-order valence-electron chi connectivity index (χ2n) is 10.5. The molecule has 0 spiro atoms. The van der Waals surface area contributed by atoms with E-state index in [2.05, 4.69) is 51.3 Å². The van der Waals surface area contributed by atoms with Gasteiger partial charge in [-0.05, 0) is 53.7 Å². The van der Waals surface area contributed by atoms with Crippen LogP contribution in [0.15, 0.2) is 23.6 Å². The molecule has 1 aliphatic carbocycles. The second-order valence-corrected chi connectivity index (χ2v) is 11.4. The number of aliphatic hydroxyl groups excluding tert-OH is 1. The van der Waals surface area contributed by atoms with Gasteiger partial charge in [0.05, 0.1) is 17.3 Å². The molecule has 0 saturated carbocycles. The van der Waals surface area contributed by atoms with Crippen LogP contribution in [0, 0.1) is 0 Å². The van der Waals surface area contributed by atoms with Gasteiger partial charge in [0.15, 0.2) is 0 Å². The van der Waals surface area contributed by atoms with Crippen LogP contribution in [-0.4, -0.2) is 46.6 Å². The molecule has 2 heterocycles. The van der Waals surface area contributed by atoms with Crippen molar-refractivity contribution in [2.75, 3.05) is 19.7 Å². The van der Waals surface area contributed by atoms with E-state index in [0.717, 1.165) is 23.5 Å². The molecule has 2 aromatic rings. The number of hydrogen-bond acceptors (Lipinski definition) is 5. The summed E-state index contributed by atoms with van der Waals surface area (Å²) in [6, 6.07) is 6.12. The van der Waals surface area contributed by atoms with E-state index in [4.69, 9.17) is 15.8 Å². The quantitative estimate of drug-likeness (QED) is 0.746. The number of aromatic nitrogens is 1. The number of aliphatic hydroxyl groups is 1. The Bertz CT molecular complexity index is 957. The molecule has 5 nitrogen and oxygen atoms in total. The normalized spacial score (nSPS) is 21.5. The lowest BCUT2D eigenvalue weighted by atomic mass is 9.63. The van der Waals surface area contributed by atoms with E-state index in [9.17, 15) is 4.79 Å². The summed E-state index contributed by atoms with van der Waals surface area (Å²) in [5.41, 5.74) is 11.3. The van der Waals surface area contributed by atoms with Crippen LogP contribution in [0.5, 0.6) is 0 Å². The molecule has 3 N–H and O–H groups in total. The number of thiazole rings is 1. The summed E-state index contributed by atoms with van der Waals surface area (Å²) >= 11 is 1.73. The number of carbonyl (C=O) groups excluding carboxylic acids is 1. The Morgan fingerprint density at radius 2 is 1.84 bits per heavy atom. The molecule has 31 heavy (non-hydrogen) atoms. The first-order valence-electron chi connectivity index (χ1n) is 11.4. The van der Waals surface area contributed by atoms with Gasteiger partial charge >= 0.3 is 0 Å². The van der Waals surface area contributed by atoms with Crippen molar-refractivity contribution in [3.8, 4) is 11.3 Å². The predicted octanol–water partition coefficient (Wildman–Crippen LogP) is 4.18. The standard InChI is InChI=1S/C25H35N3O2S/c1-24(2)9-10-25(3,4)19-13-17(5-6-18(19)24)21-15-31-22(27-21)16-7-11-28(12-8-16)23(30)20(26)14-29/h5-6,13,15-16,20,29H,7-12,14,26H2,1-4H3/t20-/m0/s1. The molecule has 1 fully saturated rings. The molecule has 0 bridgehead atoms. The minimum Gasteiger partial charge on any atom is -0.394 e. The Balaban J connectivity index is 1.51. The van der Waals surface area contributed by atoms with Crippen LogP contribution in [0.25, 0.3) is 11.3 Å². The molecule has 1 amide bonds. The van der Waals surface area contributed by atoms with Gasteiger partial charge in [-0.1, -0.05) is 39.8 Å². The molecule has 4 rings (SSSR count). The molecule has 168 valence electrons. The van der Waals surface area contributed by atoms with Gasteiger partial charge < -0.3 is 15.7 Å². The fourth-order valence-corrected chi connectivity index (χ4v) is 6.02. The Kier molecular flexibility index (Phi) is 6.01. The third-order valence-electron chi connectivity index (χ3n) is 7.34. The monoisotopic (exact) mass is 441 g/mol. The van der Waals surface area contributed by atoms with E-state index in [1.165, 1.54) is 29.5 Å². The van der Waals surface area contributed by atoms with Gasteiger partial charge in [-0.2, -0.15) is 0 Å². The lowest BCUT2D eigenvalue weighted by Gasteiger charge is -2.42. The number of piperidine rings is 1. The van der Waals surface area contributed by atoms with Crippen LogP contribution >= 0.6 is 11.3 Å². The Morgan fingerprint density at radius 3 is 2.48 bits per heavy atom. The lowest BCUT2D eigenvalue weighted by Crippen LogP contribution is -2.48. The summed E-state index contributed by atoms with van der Waals surface area (Å²) in [5.74, 6) is 0.224. The highest BCUT2D eigenvalue weighted by Crippen LogP contribution is 2.47. The summed E-state index contributed by atoms with van der Waals surface area (Å²) in [6.07, 6.45) is 4.21. The summed E-state index contributed by atoms with van der Waals surface area (Å²) in [6.45, 7) is 10.5. The SMILES string of the molecule is CC1(C)CCC(C)(C)c2cc(-c3csc(C4CCN(C(=O)[C@@H](N)CO)CC4)n3)ccc21. The molecule has 1 aliphatic heterocycles. The average molecular weight is 442 g/mol. The fraction of sp³-hybridized carbons (Fsp3) is 0.600. The first-order valence-corrected chi connectivity index (χ1v) is 12.3. The number of fused-ring (bicyclic) bond motifs is 1. The molecule has 1 saturated heterocycles. The van der Waals surface area contributed by atoms with Gasteiger partial charge in [0.25, 0.3) is 0 Å². The zero-order chi connectivity index (χ0) is 22.4. The van der Waals surface area contributed by atoms with Crippen molar-refractivity contribution in [1.82, 2.24) is 9.88 Å². The van der Waals surface area contributed by atoms with Crippen molar-refractivity contribution in [3.63, 3.8) is 0 Å². The molecular weight excluding hydrogens is 406 g/mol. The van der Waals surface area contributed by atoms with Crippen molar-refractivity contribution in [1.29, 1.82) is 0 Å². The van der Waals surface area contributed by atoms with Crippen LogP contribution in [0.3, 0.4) is 0 Å². The average Bonchev–Trinajstić information content (AvgIpc) is 3.26. The number of likely N-dealkylation sites (tertiary alicyclic amines) is 1. The smallest absolute Gasteiger partial charge is 0.241 e. The number of rotatable bonds is 4. The number of nitrogens with zero attached hydrogens (tertiary/aromatic N) is 2. The van der Waals surface area contributed by atoms with Gasteiger partial charge in [-0.15, -0.1) is 11.3 Å². The van der Waals surface area contributed by atoms with Gasteiger partial charge in [0.2, 0.25) is 5.91 Å². The topological polar surface area (TPSA) is 79.5 Å². The molecular formula is C25H35N3O2S. The minimum atomic E-state index is -0.804. The second kappa shape index (κ2) is 8.30. The number of nitrogens with two attached hydrogens (primary N) is 1. The maximum Gasteiger partial charge on any atom is 0.241 e. The largest absolute Gasteiger partial charge is 0.394 e. The predicted molar refractivity (Wildman–Crippen MR) is 126 cm³/mol. The first kappa shape index (κ1) is 22.4. The van der Waals surface area contributed by atoms with Crippen molar-refractivity contribution in [2.45, 2.75) is 76.2 Å². The van der Waals surface area contributed by atoms with Gasteiger partial charge in [0, 0.05) is 30.0 Å². The maximum absolute atomic E-state index is 12.2. The zero-order valence-corrected chi connectivity index (χ0v) is 20.0. The third-order valence-corrected chi connectivity index (χ3v) is 8.35. The number of carbonyl (C=O) groups is 1. The number of amides is 1. The molecule has 1 aromatic heterocycles. The highest BCUT2D eigenvalue weighted by atomic mass is 32.1. The van der Waals surface area contributed by atoms with Crippen molar-refractivity contribution in [3.05, 3.63) is 39.7 Å². The zero-order valence-electron chi connectivity index (χ0n) is 19.1. The minimum absolute atomic E-state index is 0.152. The van der Waals surface area contributed by atoms with Crippen LogP contribution in [0.2, 0.25) is 0 Å². The highest BCUT2D eigenvalue weighted by molar-refractivity contribution is 7.10. The van der Waals surface area contributed by atoms with Crippen LogP contribution in [0.1, 0.15) is 75.4 Å². The maximum atomic E-state index is 12.2. The van der Waals surface area contributed by atoms with E-state index < -0.39 is 6.04 Å². The molecule has 1 aromatic carbocycles. The Hall–Kier alpha value is -1.76. The molecule has 6 heteroatoms. The van der Waals surface area contributed by atoms with E-state index in [0.29, 0.717) is 19.0 Å². The van der Waals surface area contributed by atoms with Crippen molar-refractivity contribution < 1.29 is 9.90 Å². The van der Waals surface area contributed by atoms with Crippen LogP contribution in [-0.2, 0) is 15.6 Å². The van der Waals surface area contributed by atoms with Gasteiger partial charge in [-0.25, -0.2) is 4.98 Å². The van der Waals surface area contributed by atoms with Gasteiger partial charge in [-0.3, -0.25) is 4.79 Å². The lowest BCUT2D eigenvalue weighted by molar-refractivity contribution is -0.134. The first-order chi connectivity index (χ1) is 14.6. The number of benzene rings is 1. The Labute approximate surface area is 189 Å². The molecule has 1 atom stereocenters. The molecule has 0 radical (unpaired) electrons. The van der Waals surface area contributed by atoms with Crippen LogP contribution < -0.4 is 5.73 Å². The van der Waals surface area contributed by atoms with E-state index in [1.54, 1.807) is 16.2 Å². The Morgan fingerprint density at radius 1 is 1.19 bits per heavy atom. The fourth-order valence-electron chi connectivity index (χ4n) is 5.02. The summed E-state index contributed by atoms with van der Waals surface area (Å²) in [5, 5.41) is 12.5. The summed E-state index contributed by atoms with van der Waals surface area (Å²) in [4.78, 5) is 19.0. The van der Waals surface area contributed by atoms with E-state index >= 15 is 0 Å². The van der Waals surface area contributed by atoms with Crippen molar-refractivity contribution >= 4 is 17.2 Å². The summed E-state index contributed by atoms with van der Waals surface area (Å²) in [7, 11) is 0. The molecule has 2 aliphatic rings. The van der Waals surface area contributed by atoms with Crippen molar-refractivity contribution in [2.24, 2.45) is 5.73 Å². The van der Waals surface area contributed by atoms with E-state index in [-0.39, 0.29) is 23.3 Å². The highest BCUT2D eigenvalue weighted by Gasteiger charge is 2.37. The third kappa shape index (κ3) is 4.30. The number of hydrogen-bond donors (Lipinski definition) is 2. The van der Waals surface area contributed by atoms with E-state index in [1.807, 2.05) is 0 Å². The summed E-state index contributed by atoms with van der Waals surface area (Å²) < 4.78 is 0. The molecule has 0 unspecified atom stereocenters. The van der Waals surface area contributed by atoms with Gasteiger partial charge in [0.1, 0.15) is 6.04 Å².